The molecule has 4 atom stereocenters. The number of rotatable bonds is 35. The van der Waals surface area contributed by atoms with Crippen molar-refractivity contribution in [2.75, 3.05) is 50.0 Å². The molecule has 2 heterocycles. The lowest BCUT2D eigenvalue weighted by Crippen LogP contribution is -2.52. The molecule has 109 heavy (non-hydrogen) atoms. The molecule has 2 aromatic heterocycles. The van der Waals surface area contributed by atoms with Gasteiger partial charge in [-0.3, -0.25) is 24.0 Å². The monoisotopic (exact) mass is 1510 g/mol. The number of carbonyl (C=O) groups excluding carboxylic acids is 7. The summed E-state index contributed by atoms with van der Waals surface area (Å²) in [7, 11) is 0. The molecule has 0 saturated carbocycles. The summed E-state index contributed by atoms with van der Waals surface area (Å²) in [6.07, 6.45) is 3.27. The maximum Gasteiger partial charge on any atom is 0.407 e. The first kappa shape index (κ1) is 75.9. The van der Waals surface area contributed by atoms with E-state index in [9.17, 15) is 54.0 Å². The van der Waals surface area contributed by atoms with Crippen LogP contribution in [0.3, 0.4) is 0 Å². The third-order valence-electron chi connectivity index (χ3n) is 18.9. The van der Waals surface area contributed by atoms with Gasteiger partial charge in [0.25, 0.3) is 0 Å². The van der Waals surface area contributed by atoms with Crippen molar-refractivity contribution < 1.29 is 63.5 Å². The van der Waals surface area contributed by atoms with Gasteiger partial charge in [-0.15, -0.1) is 22.7 Å². The van der Waals surface area contributed by atoms with Crippen LogP contribution < -0.4 is 54.0 Å². The van der Waals surface area contributed by atoms with Crippen molar-refractivity contribution in [1.82, 2.24) is 41.9 Å². The molecule has 25 nitrogen and oxygen atoms in total. The fourth-order valence-electron chi connectivity index (χ4n) is 13.4. The number of carbonyl (C=O) groups is 7. The zero-order valence-corrected chi connectivity index (χ0v) is 60.8. The number of fused-ring (bicyclic) bond motifs is 6. The molecule has 0 fully saturated rings. The molecule has 8 aromatic carbocycles. The lowest BCUT2D eigenvalue weighted by molar-refractivity contribution is -0.129. The fraction of sp³-hybridized carbons (Fsp3) is 0.232. The Hall–Kier alpha value is -12.8. The number of aromatic nitrogens is 2. The molecule has 0 radical (unpaired) electrons. The van der Waals surface area contributed by atoms with Crippen molar-refractivity contribution in [3.8, 4) is 45.3 Å². The third kappa shape index (κ3) is 20.0. The summed E-state index contributed by atoms with van der Waals surface area (Å²) >= 11 is 2.84. The molecule has 0 bridgehead atoms. The normalized spacial score (nSPS) is 13.0. The summed E-state index contributed by atoms with van der Waals surface area (Å²) in [5.74, 6) is -3.80. The van der Waals surface area contributed by atoms with E-state index in [-0.39, 0.29) is 86.0 Å². The highest BCUT2D eigenvalue weighted by Gasteiger charge is 2.33. The Morgan fingerprint density at radius 2 is 0.817 bits per heavy atom. The largest absolute Gasteiger partial charge is 0.508 e. The number of nitrogens with zero attached hydrogens (tertiary/aromatic N) is 2. The second kappa shape index (κ2) is 35.6. The van der Waals surface area contributed by atoms with Crippen molar-refractivity contribution in [2.24, 2.45) is 11.5 Å². The third-order valence-corrected chi connectivity index (χ3v) is 20.8. The van der Waals surface area contributed by atoms with Crippen LogP contribution in [0.4, 0.5) is 19.9 Å². The van der Waals surface area contributed by atoms with Crippen molar-refractivity contribution >= 4 is 74.7 Å². The van der Waals surface area contributed by atoms with Crippen LogP contribution in [-0.4, -0.2) is 136 Å². The van der Waals surface area contributed by atoms with Crippen molar-refractivity contribution in [3.05, 3.63) is 272 Å². The Bertz CT molecular complexity index is 4580. The molecule has 12 rings (SSSR count). The van der Waals surface area contributed by atoms with Crippen LogP contribution in [0.15, 0.2) is 207 Å². The van der Waals surface area contributed by atoms with E-state index in [2.05, 4.69) is 59.1 Å². The quantitative estimate of drug-likeness (QED) is 0.0165. The van der Waals surface area contributed by atoms with E-state index < -0.39 is 72.4 Å². The number of alkyl carbamates (subject to hydrolysis) is 2. The van der Waals surface area contributed by atoms with Crippen LogP contribution in [0.5, 0.6) is 23.0 Å². The lowest BCUT2D eigenvalue weighted by Gasteiger charge is -2.22. The predicted octanol–water partition coefficient (Wildman–Crippen LogP) is 9.06. The Kier molecular flexibility index (Phi) is 24.8. The standard InChI is InChI=1S/C82H82N12O13S2/c1-47(41-87-77(102)70(35-48-19-25-54(95)26-20-48)93-81(104)106-45-66-62-15-6-2-11-58(62)59-12-3-7-16-63(59)66)91-68(75(83)100)37-50-23-29-72(97)52(33-50)39-56-42-89-79(108-56)85-31-10-32-86-80-90-43-57(109-80)40-53-34-51(24-30-73(53)98)38-69(76(84)101)92-74(99)44-88-78(103)71(36-49-21-27-55(96)28-22-49)94-82(105)107-46-67-64-17-8-4-13-60(64)61-14-5-9-18-65(61)67/h2-9,11-30,33-34,42-43,66-71,91,95-98H,1,10,31-32,35-41,44-46H2,(H2,83,100)(H2,84,101)(H,85,89)(H,86,90)(H,87,102)(H,88,103)(H,92,99)(H,93,104)(H,94,105)/t68-,69-,70-,71-/m0/s1. The van der Waals surface area contributed by atoms with Gasteiger partial charge >= 0.3 is 12.2 Å². The number of aromatic hydroxyl groups is 4. The molecule has 10 aromatic rings. The minimum absolute atomic E-state index is 0.00219. The maximum absolute atomic E-state index is 13.9. The highest BCUT2D eigenvalue weighted by atomic mass is 32.1. The summed E-state index contributed by atoms with van der Waals surface area (Å²) < 4.78 is 11.5. The van der Waals surface area contributed by atoms with E-state index in [1.807, 2.05) is 97.1 Å². The number of nitrogens with two attached hydrogens (primary N) is 2. The molecule has 0 unspecified atom stereocenters. The number of phenols is 4. The summed E-state index contributed by atoms with van der Waals surface area (Å²) in [5, 5.41) is 66.1. The molecule has 0 aliphatic heterocycles. The average molecular weight is 1510 g/mol. The van der Waals surface area contributed by atoms with E-state index in [0.29, 0.717) is 76.0 Å². The molecular formula is C82H82N12O13S2. The number of hydrogen-bond donors (Lipinski definition) is 14. The molecule has 7 amide bonds. The topological polar surface area (TPSA) is 393 Å². The van der Waals surface area contributed by atoms with Gasteiger partial charge in [-0.25, -0.2) is 19.6 Å². The minimum Gasteiger partial charge on any atom is -0.508 e. The van der Waals surface area contributed by atoms with Gasteiger partial charge < -0.3 is 83.9 Å². The average Bonchev–Trinajstić information content (AvgIpc) is 1.63. The second-order valence-corrected chi connectivity index (χ2v) is 28.8. The first-order valence-corrected chi connectivity index (χ1v) is 37.0. The van der Waals surface area contributed by atoms with Crippen LogP contribution in [-0.2, 0) is 72.0 Å². The zero-order valence-electron chi connectivity index (χ0n) is 59.2. The van der Waals surface area contributed by atoms with E-state index in [1.165, 1.54) is 53.0 Å². The molecule has 2 aliphatic carbocycles. The van der Waals surface area contributed by atoms with E-state index in [1.54, 1.807) is 67.0 Å². The summed E-state index contributed by atoms with van der Waals surface area (Å²) in [4.78, 5) is 104. The lowest BCUT2D eigenvalue weighted by atomic mass is 9.98. The summed E-state index contributed by atoms with van der Waals surface area (Å²) in [6.45, 7) is 4.53. The first-order valence-electron chi connectivity index (χ1n) is 35.4. The molecule has 27 heteroatoms. The van der Waals surface area contributed by atoms with Gasteiger partial charge in [0.15, 0.2) is 10.3 Å². The van der Waals surface area contributed by atoms with Crippen LogP contribution in [0, 0.1) is 0 Å². The number of hydrogen-bond acceptors (Lipinski definition) is 20. The number of primary amides is 2. The van der Waals surface area contributed by atoms with Crippen LogP contribution >= 0.6 is 22.7 Å². The highest BCUT2D eigenvalue weighted by Crippen LogP contribution is 2.46. The number of amides is 7. The zero-order chi connectivity index (χ0) is 76.5. The van der Waals surface area contributed by atoms with Gasteiger partial charge in [0.1, 0.15) is 60.4 Å². The van der Waals surface area contributed by atoms with Crippen LogP contribution in [0.25, 0.3) is 22.3 Å². The van der Waals surface area contributed by atoms with E-state index in [0.717, 1.165) is 54.3 Å². The predicted molar refractivity (Wildman–Crippen MR) is 415 cm³/mol. The van der Waals surface area contributed by atoms with Gasteiger partial charge in [0.2, 0.25) is 29.5 Å². The van der Waals surface area contributed by atoms with Gasteiger partial charge in [-0.2, -0.15) is 0 Å². The van der Waals surface area contributed by atoms with Gasteiger partial charge in [-0.1, -0.05) is 152 Å². The van der Waals surface area contributed by atoms with Gasteiger partial charge in [-0.05, 0) is 121 Å². The molecular weight excluding hydrogens is 1430 g/mol. The highest BCUT2D eigenvalue weighted by molar-refractivity contribution is 7.15. The summed E-state index contributed by atoms with van der Waals surface area (Å²) in [6, 6.07) is 49.5. The SMILES string of the molecule is C=C(CNC(=O)[C@H](Cc1ccc(O)cc1)NC(=O)OCC1c2ccccc2-c2ccccc21)N[C@@H](Cc1ccc(O)c(Cc2cnc(NCCCNc3ncc(Cc4cc(C[C@H](NC(=O)CNC(=O)[C@H](Cc5ccc(O)cc5)NC(=O)OCC5c6ccccc6-c6ccccc65)C(N)=O)ccc4O)s3)s2)c1)C(N)=O. The number of anilines is 2. The van der Waals surface area contributed by atoms with Crippen molar-refractivity contribution in [2.45, 2.75) is 80.9 Å². The first-order chi connectivity index (χ1) is 52.7. The van der Waals surface area contributed by atoms with Crippen molar-refractivity contribution in [3.63, 3.8) is 0 Å². The number of thiazole rings is 2. The summed E-state index contributed by atoms with van der Waals surface area (Å²) in [5.41, 5.74) is 24.0. The van der Waals surface area contributed by atoms with E-state index in [4.69, 9.17) is 20.9 Å². The second-order valence-electron chi connectivity index (χ2n) is 26.6. The molecule has 16 N–H and O–H groups in total. The fourth-order valence-corrected chi connectivity index (χ4v) is 15.1. The Morgan fingerprint density at radius 1 is 0.450 bits per heavy atom. The maximum atomic E-state index is 13.9. The van der Waals surface area contributed by atoms with Gasteiger partial charge in [0.05, 0.1) is 13.1 Å². The Labute approximate surface area is 636 Å². The van der Waals surface area contributed by atoms with E-state index >= 15 is 0 Å². The number of benzene rings is 8. The minimum atomic E-state index is -1.20. The number of ether oxygens (including phenoxy) is 2. The van der Waals surface area contributed by atoms with Crippen molar-refractivity contribution in [1.29, 1.82) is 0 Å². The van der Waals surface area contributed by atoms with Crippen LogP contribution in [0.2, 0.25) is 0 Å². The van der Waals surface area contributed by atoms with Gasteiger partial charge in [0, 0.05) is 91.3 Å². The van der Waals surface area contributed by atoms with Crippen LogP contribution in [0.1, 0.15) is 83.6 Å². The number of nitrogens with one attached hydrogen (secondary N) is 8. The molecule has 560 valence electrons. The molecule has 2 aliphatic rings. The number of phenolic OH excluding ortho intramolecular Hbond substituents is 4. The smallest absolute Gasteiger partial charge is 0.407 e. The molecule has 0 saturated heterocycles. The Balaban J connectivity index is 0.564. The Morgan fingerprint density at radius 3 is 1.22 bits per heavy atom. The molecule has 0 spiro atoms.